The van der Waals surface area contributed by atoms with Crippen LogP contribution in [0.2, 0.25) is 0 Å². The Balaban J connectivity index is 2.66. The van der Waals surface area contributed by atoms with Crippen molar-refractivity contribution in [2.45, 2.75) is 39.2 Å². The van der Waals surface area contributed by atoms with Gasteiger partial charge in [0.15, 0.2) is 0 Å². The number of halogens is 2. The summed E-state index contributed by atoms with van der Waals surface area (Å²) in [6, 6.07) is 3.63. The second-order valence-corrected chi connectivity index (χ2v) is 4.59. The van der Waals surface area contributed by atoms with Crippen LogP contribution in [0.15, 0.2) is 18.2 Å². The third-order valence-corrected chi connectivity index (χ3v) is 3.02. The van der Waals surface area contributed by atoms with E-state index in [-0.39, 0.29) is 6.04 Å². The van der Waals surface area contributed by atoms with Crippen LogP contribution in [0.5, 0.6) is 0 Å². The molecule has 0 bridgehead atoms. The molecule has 96 valence electrons. The van der Waals surface area contributed by atoms with Crippen molar-refractivity contribution in [2.24, 2.45) is 11.8 Å². The largest absolute Gasteiger partial charge is 0.271 e. The Kier molecular flexibility index (Phi) is 5.51. The molecular weight excluding hydrogens is 222 g/mol. The smallest absolute Gasteiger partial charge is 0.126 e. The molecule has 0 heterocycles. The molecule has 0 saturated carbocycles. The molecule has 0 aliphatic heterocycles. The fraction of sp³-hybridized carbons (Fsp3) is 0.538. The normalized spacial score (nSPS) is 14.6. The zero-order valence-corrected chi connectivity index (χ0v) is 10.3. The van der Waals surface area contributed by atoms with Crippen LogP contribution in [-0.2, 0) is 6.42 Å². The molecular formula is C13H20F2N2. The van der Waals surface area contributed by atoms with E-state index in [0.29, 0.717) is 17.9 Å². The number of hydrogen-bond donors (Lipinski definition) is 2. The van der Waals surface area contributed by atoms with E-state index in [2.05, 4.69) is 19.3 Å². The lowest BCUT2D eigenvalue weighted by Crippen LogP contribution is -2.38. The average Bonchev–Trinajstić information content (AvgIpc) is 2.26. The number of nitrogens with one attached hydrogen (secondary N) is 1. The highest BCUT2D eigenvalue weighted by atomic mass is 19.1. The molecule has 0 saturated heterocycles. The first-order valence-electron chi connectivity index (χ1n) is 5.96. The lowest BCUT2D eigenvalue weighted by Gasteiger charge is -2.19. The van der Waals surface area contributed by atoms with Gasteiger partial charge in [-0.15, -0.1) is 0 Å². The van der Waals surface area contributed by atoms with Crippen molar-refractivity contribution in [2.75, 3.05) is 0 Å². The van der Waals surface area contributed by atoms with E-state index in [1.54, 1.807) is 0 Å². The van der Waals surface area contributed by atoms with Gasteiger partial charge in [0.25, 0.3) is 0 Å². The maximum absolute atomic E-state index is 13.0. The van der Waals surface area contributed by atoms with Crippen LogP contribution >= 0.6 is 0 Å². The molecule has 0 aromatic heterocycles. The van der Waals surface area contributed by atoms with Crippen molar-refractivity contribution in [1.82, 2.24) is 5.43 Å². The highest BCUT2D eigenvalue weighted by Crippen LogP contribution is 2.15. The van der Waals surface area contributed by atoms with E-state index in [4.69, 9.17) is 5.84 Å². The summed E-state index contributed by atoms with van der Waals surface area (Å²) in [6.07, 6.45) is 2.50. The molecule has 0 fully saturated rings. The van der Waals surface area contributed by atoms with Gasteiger partial charge in [0, 0.05) is 12.1 Å². The molecule has 17 heavy (non-hydrogen) atoms. The lowest BCUT2D eigenvalue weighted by atomic mass is 9.95. The number of rotatable bonds is 6. The maximum Gasteiger partial charge on any atom is 0.126 e. The summed E-state index contributed by atoms with van der Waals surface area (Å²) in [5.74, 6) is 4.91. The minimum atomic E-state index is -0.542. The van der Waals surface area contributed by atoms with Gasteiger partial charge in [-0.25, -0.2) is 8.78 Å². The molecule has 4 heteroatoms. The fourth-order valence-corrected chi connectivity index (χ4v) is 1.88. The Hall–Kier alpha value is -1.00. The summed E-state index contributed by atoms with van der Waals surface area (Å²) in [6.45, 7) is 4.25. The SMILES string of the molecule is CCC(C)CC(Cc1cc(F)cc(F)c1)NN. The number of benzene rings is 1. The molecule has 2 nitrogen and oxygen atoms in total. The minimum absolute atomic E-state index is 0.0474. The van der Waals surface area contributed by atoms with Crippen molar-refractivity contribution >= 4 is 0 Å². The van der Waals surface area contributed by atoms with E-state index in [9.17, 15) is 8.78 Å². The van der Waals surface area contributed by atoms with E-state index < -0.39 is 11.6 Å². The van der Waals surface area contributed by atoms with Gasteiger partial charge >= 0.3 is 0 Å². The second-order valence-electron chi connectivity index (χ2n) is 4.59. The molecule has 2 unspecified atom stereocenters. The topological polar surface area (TPSA) is 38.0 Å². The van der Waals surface area contributed by atoms with Crippen molar-refractivity contribution < 1.29 is 8.78 Å². The van der Waals surface area contributed by atoms with Crippen molar-refractivity contribution in [3.05, 3.63) is 35.4 Å². The molecule has 1 aromatic carbocycles. The number of hydrogen-bond acceptors (Lipinski definition) is 2. The molecule has 0 spiro atoms. The first kappa shape index (κ1) is 14.1. The first-order valence-corrected chi connectivity index (χ1v) is 5.96. The number of hydrazine groups is 1. The predicted molar refractivity (Wildman–Crippen MR) is 65.2 cm³/mol. The van der Waals surface area contributed by atoms with Crippen molar-refractivity contribution in [1.29, 1.82) is 0 Å². The van der Waals surface area contributed by atoms with Gasteiger partial charge in [0.05, 0.1) is 0 Å². The van der Waals surface area contributed by atoms with Crippen LogP contribution < -0.4 is 11.3 Å². The Morgan fingerprint density at radius 3 is 2.29 bits per heavy atom. The van der Waals surface area contributed by atoms with Gasteiger partial charge in [0.2, 0.25) is 0 Å². The third-order valence-electron chi connectivity index (χ3n) is 3.02. The molecule has 0 aliphatic rings. The summed E-state index contributed by atoms with van der Waals surface area (Å²) in [4.78, 5) is 0. The summed E-state index contributed by atoms with van der Waals surface area (Å²) in [5, 5.41) is 0. The van der Waals surface area contributed by atoms with E-state index in [0.717, 1.165) is 18.9 Å². The molecule has 2 atom stereocenters. The van der Waals surface area contributed by atoms with Crippen LogP contribution in [-0.4, -0.2) is 6.04 Å². The van der Waals surface area contributed by atoms with Gasteiger partial charge in [-0.2, -0.15) is 0 Å². The van der Waals surface area contributed by atoms with Gasteiger partial charge in [-0.1, -0.05) is 20.3 Å². The number of nitrogens with two attached hydrogens (primary N) is 1. The first-order chi connectivity index (χ1) is 8.05. The summed E-state index contributed by atoms with van der Waals surface area (Å²) in [5.41, 5.74) is 3.34. The van der Waals surface area contributed by atoms with Crippen LogP contribution in [0.3, 0.4) is 0 Å². The summed E-state index contributed by atoms with van der Waals surface area (Å²) in [7, 11) is 0. The van der Waals surface area contributed by atoms with Gasteiger partial charge < -0.3 is 0 Å². The monoisotopic (exact) mass is 242 g/mol. The molecule has 3 N–H and O–H groups in total. The fourth-order valence-electron chi connectivity index (χ4n) is 1.88. The maximum atomic E-state index is 13.0. The molecule has 0 aliphatic carbocycles. The zero-order chi connectivity index (χ0) is 12.8. The van der Waals surface area contributed by atoms with Crippen LogP contribution in [0.4, 0.5) is 8.78 Å². The van der Waals surface area contributed by atoms with Crippen molar-refractivity contribution in [3.63, 3.8) is 0 Å². The summed E-state index contributed by atoms with van der Waals surface area (Å²) >= 11 is 0. The van der Waals surface area contributed by atoms with Gasteiger partial charge in [-0.3, -0.25) is 11.3 Å². The Morgan fingerprint density at radius 1 is 1.24 bits per heavy atom. The highest BCUT2D eigenvalue weighted by Gasteiger charge is 2.12. The van der Waals surface area contributed by atoms with Gasteiger partial charge in [-0.05, 0) is 36.5 Å². The highest BCUT2D eigenvalue weighted by molar-refractivity contribution is 5.18. The van der Waals surface area contributed by atoms with Crippen LogP contribution in [0, 0.1) is 17.6 Å². The Morgan fingerprint density at radius 2 is 1.82 bits per heavy atom. The zero-order valence-electron chi connectivity index (χ0n) is 10.3. The average molecular weight is 242 g/mol. The van der Waals surface area contributed by atoms with E-state index in [1.165, 1.54) is 12.1 Å². The molecule has 1 aromatic rings. The third kappa shape index (κ3) is 4.79. The van der Waals surface area contributed by atoms with Crippen LogP contribution in [0.25, 0.3) is 0 Å². The quantitative estimate of drug-likeness (QED) is 0.594. The second kappa shape index (κ2) is 6.67. The van der Waals surface area contributed by atoms with E-state index in [1.807, 2.05) is 0 Å². The standard InChI is InChI=1S/C13H20F2N2/c1-3-9(2)4-13(17-16)7-10-5-11(14)8-12(15)6-10/h5-6,8-9,13,17H,3-4,7,16H2,1-2H3. The summed E-state index contributed by atoms with van der Waals surface area (Å²) < 4.78 is 26.0. The molecule has 0 radical (unpaired) electrons. The Bertz CT molecular complexity index is 335. The Labute approximate surface area is 101 Å². The van der Waals surface area contributed by atoms with Gasteiger partial charge in [0.1, 0.15) is 11.6 Å². The van der Waals surface area contributed by atoms with E-state index >= 15 is 0 Å². The predicted octanol–water partition coefficient (Wildman–Crippen LogP) is 2.78. The molecule has 1 rings (SSSR count). The lowest BCUT2D eigenvalue weighted by molar-refractivity contribution is 0.395. The van der Waals surface area contributed by atoms with Crippen LogP contribution in [0.1, 0.15) is 32.3 Å². The molecule has 0 amide bonds. The van der Waals surface area contributed by atoms with Crippen molar-refractivity contribution in [3.8, 4) is 0 Å². The minimum Gasteiger partial charge on any atom is -0.271 e.